The quantitative estimate of drug-likeness (QED) is 0.820. The topological polar surface area (TPSA) is 47.3 Å². The van der Waals surface area contributed by atoms with Crippen LogP contribution in [0.2, 0.25) is 0 Å². The van der Waals surface area contributed by atoms with E-state index in [-0.39, 0.29) is 38.8 Å². The Bertz CT molecular complexity index is 95.6. The Balaban J connectivity index is 0. The number of aliphatic hydroxyl groups excluding tert-OH is 1. The maximum atomic E-state index is 9.12. The minimum atomic E-state index is -0.0815. The standard InChI is InChI=1S/C7H15N2O.C2H6.Y/c8-3-6-9-4-1-7(10)2-5-9;1-2;/h7-8,10H,1-6H2;1-2H3;/q-1;;. The predicted octanol–water partition coefficient (Wildman–Crippen LogP) is 1.52. The summed E-state index contributed by atoms with van der Waals surface area (Å²) in [5.41, 5.74) is 6.99. The fourth-order valence-electron chi connectivity index (χ4n) is 1.30. The van der Waals surface area contributed by atoms with E-state index in [0.29, 0.717) is 6.54 Å². The second kappa shape index (κ2) is 11.1. The van der Waals surface area contributed by atoms with E-state index in [0.717, 1.165) is 32.5 Å². The first kappa shape index (κ1) is 16.4. The van der Waals surface area contributed by atoms with Gasteiger partial charge in [0.25, 0.3) is 0 Å². The molecule has 77 valence electrons. The summed E-state index contributed by atoms with van der Waals surface area (Å²) in [5.74, 6) is 0. The summed E-state index contributed by atoms with van der Waals surface area (Å²) < 4.78 is 0. The van der Waals surface area contributed by atoms with Crippen LogP contribution in [-0.2, 0) is 32.7 Å². The van der Waals surface area contributed by atoms with E-state index in [2.05, 4.69) is 4.90 Å². The third-order valence-corrected chi connectivity index (χ3v) is 1.99. The van der Waals surface area contributed by atoms with Gasteiger partial charge in [-0.15, -0.1) is 6.54 Å². The summed E-state index contributed by atoms with van der Waals surface area (Å²) in [6.45, 7) is 7.29. The fraction of sp³-hybridized carbons (Fsp3) is 1.00. The van der Waals surface area contributed by atoms with Crippen LogP contribution in [0.1, 0.15) is 26.7 Å². The summed E-state index contributed by atoms with van der Waals surface area (Å²) >= 11 is 0. The van der Waals surface area contributed by atoms with E-state index in [1.165, 1.54) is 0 Å². The molecule has 1 saturated heterocycles. The molecule has 0 saturated carbocycles. The number of rotatable bonds is 2. The van der Waals surface area contributed by atoms with Crippen molar-refractivity contribution in [2.75, 3.05) is 26.2 Å². The van der Waals surface area contributed by atoms with Crippen molar-refractivity contribution in [3.05, 3.63) is 5.73 Å². The largest absolute Gasteiger partial charge is 0.676 e. The first-order valence-corrected chi connectivity index (χ1v) is 4.88. The number of hydrogen-bond acceptors (Lipinski definition) is 2. The fourth-order valence-corrected chi connectivity index (χ4v) is 1.30. The number of nitrogens with one attached hydrogen (secondary N) is 1. The Hall–Kier alpha value is 0.984. The van der Waals surface area contributed by atoms with Crippen LogP contribution in [0.4, 0.5) is 0 Å². The SMILES string of the molecule is CC.[NH-]CCN1CCC(O)CC1.[Y]. The molecule has 0 spiro atoms. The third-order valence-electron chi connectivity index (χ3n) is 1.99. The van der Waals surface area contributed by atoms with Gasteiger partial charge in [-0.05, 0) is 19.4 Å². The van der Waals surface area contributed by atoms with Crippen molar-refractivity contribution < 1.29 is 37.8 Å². The Kier molecular flexibility index (Phi) is 14.0. The molecule has 1 aliphatic heterocycles. The van der Waals surface area contributed by atoms with E-state index in [4.69, 9.17) is 10.8 Å². The number of aliphatic hydroxyl groups is 1. The number of piperidine rings is 1. The predicted molar refractivity (Wildman–Crippen MR) is 52.2 cm³/mol. The molecule has 13 heavy (non-hydrogen) atoms. The molecule has 1 rings (SSSR count). The van der Waals surface area contributed by atoms with Crippen molar-refractivity contribution >= 4 is 0 Å². The summed E-state index contributed by atoms with van der Waals surface area (Å²) in [5, 5.41) is 9.12. The molecule has 1 aliphatic rings. The average molecular weight is 262 g/mol. The van der Waals surface area contributed by atoms with Crippen molar-refractivity contribution in [3.8, 4) is 0 Å². The van der Waals surface area contributed by atoms with Crippen molar-refractivity contribution in [2.45, 2.75) is 32.8 Å². The molecule has 2 N–H and O–H groups in total. The van der Waals surface area contributed by atoms with Crippen LogP contribution >= 0.6 is 0 Å². The summed E-state index contributed by atoms with van der Waals surface area (Å²) in [4.78, 5) is 2.24. The first-order valence-electron chi connectivity index (χ1n) is 4.88. The zero-order chi connectivity index (χ0) is 9.40. The molecule has 0 aromatic carbocycles. The van der Waals surface area contributed by atoms with Gasteiger partial charge in [0.2, 0.25) is 0 Å². The minimum absolute atomic E-state index is 0. The van der Waals surface area contributed by atoms with Crippen LogP contribution in [0.25, 0.3) is 5.73 Å². The third kappa shape index (κ3) is 8.01. The van der Waals surface area contributed by atoms with E-state index >= 15 is 0 Å². The molecule has 3 nitrogen and oxygen atoms in total. The summed E-state index contributed by atoms with van der Waals surface area (Å²) in [7, 11) is 0. The Labute approximate surface area is 107 Å². The molecule has 0 aromatic heterocycles. The van der Waals surface area contributed by atoms with Crippen LogP contribution in [0.5, 0.6) is 0 Å². The monoisotopic (exact) mass is 262 g/mol. The van der Waals surface area contributed by atoms with E-state index in [1.54, 1.807) is 0 Å². The molecule has 0 aromatic rings. The van der Waals surface area contributed by atoms with Gasteiger partial charge in [-0.1, -0.05) is 13.8 Å². The van der Waals surface area contributed by atoms with E-state index < -0.39 is 0 Å². The molecular formula is C9H21N2OY-. The smallest absolute Gasteiger partial charge is 0.0564 e. The number of nitrogens with zero attached hydrogens (tertiary/aromatic N) is 1. The van der Waals surface area contributed by atoms with Gasteiger partial charge in [-0.25, -0.2) is 0 Å². The van der Waals surface area contributed by atoms with Crippen LogP contribution in [0.3, 0.4) is 0 Å². The second-order valence-corrected chi connectivity index (χ2v) is 2.82. The Morgan fingerprint density at radius 3 is 2.15 bits per heavy atom. The van der Waals surface area contributed by atoms with Gasteiger partial charge < -0.3 is 15.7 Å². The first-order chi connectivity index (χ1) is 5.83. The molecule has 4 heteroatoms. The van der Waals surface area contributed by atoms with Crippen LogP contribution in [0.15, 0.2) is 0 Å². The van der Waals surface area contributed by atoms with Crippen LogP contribution < -0.4 is 0 Å². The molecule has 0 bridgehead atoms. The summed E-state index contributed by atoms with van der Waals surface area (Å²) in [6, 6.07) is 0. The van der Waals surface area contributed by atoms with Gasteiger partial charge in [0, 0.05) is 45.8 Å². The van der Waals surface area contributed by atoms with Crippen molar-refractivity contribution in [2.24, 2.45) is 0 Å². The molecule has 1 heterocycles. The number of hydrogen-bond donors (Lipinski definition) is 1. The van der Waals surface area contributed by atoms with Gasteiger partial charge >= 0.3 is 0 Å². The molecule has 1 radical (unpaired) electrons. The van der Waals surface area contributed by atoms with E-state index in [1.807, 2.05) is 13.8 Å². The van der Waals surface area contributed by atoms with Crippen LogP contribution in [-0.4, -0.2) is 42.3 Å². The number of likely N-dealkylation sites (tertiary alicyclic amines) is 1. The summed E-state index contributed by atoms with van der Waals surface area (Å²) in [6.07, 6.45) is 1.70. The molecular weight excluding hydrogens is 241 g/mol. The van der Waals surface area contributed by atoms with Crippen molar-refractivity contribution in [1.82, 2.24) is 4.90 Å². The molecule has 0 aliphatic carbocycles. The molecule has 1 fully saturated rings. The minimum Gasteiger partial charge on any atom is -0.676 e. The van der Waals surface area contributed by atoms with E-state index in [9.17, 15) is 0 Å². The maximum Gasteiger partial charge on any atom is 0.0564 e. The molecule has 0 atom stereocenters. The van der Waals surface area contributed by atoms with Crippen molar-refractivity contribution in [1.29, 1.82) is 0 Å². The zero-order valence-corrected chi connectivity index (χ0v) is 11.6. The molecule has 0 amide bonds. The average Bonchev–Trinajstić information content (AvgIpc) is 2.13. The van der Waals surface area contributed by atoms with Gasteiger partial charge in [0.15, 0.2) is 0 Å². The van der Waals surface area contributed by atoms with Gasteiger partial charge in [-0.3, -0.25) is 0 Å². The van der Waals surface area contributed by atoms with Gasteiger partial charge in [0.1, 0.15) is 0 Å². The second-order valence-electron chi connectivity index (χ2n) is 2.82. The Morgan fingerprint density at radius 1 is 1.31 bits per heavy atom. The van der Waals surface area contributed by atoms with Crippen LogP contribution in [0, 0.1) is 0 Å². The Morgan fingerprint density at radius 2 is 1.77 bits per heavy atom. The maximum absolute atomic E-state index is 9.12. The molecule has 0 unspecified atom stereocenters. The van der Waals surface area contributed by atoms with Crippen molar-refractivity contribution in [3.63, 3.8) is 0 Å². The van der Waals surface area contributed by atoms with Gasteiger partial charge in [0.05, 0.1) is 6.10 Å². The zero-order valence-electron chi connectivity index (χ0n) is 8.79. The van der Waals surface area contributed by atoms with Gasteiger partial charge in [-0.2, -0.15) is 0 Å². The normalized spacial score (nSPS) is 18.5.